The second-order valence-electron chi connectivity index (χ2n) is 3.77. The van der Waals surface area contributed by atoms with Crippen LogP contribution in [0.15, 0.2) is 18.2 Å². The van der Waals surface area contributed by atoms with Gasteiger partial charge in [0.05, 0.1) is 5.56 Å². The van der Waals surface area contributed by atoms with Gasteiger partial charge in [-0.3, -0.25) is 0 Å². The smallest absolute Gasteiger partial charge is 0.378 e. The molecule has 1 aromatic carbocycles. The highest BCUT2D eigenvalue weighted by Gasteiger charge is 2.33. The van der Waals surface area contributed by atoms with Crippen LogP contribution in [0.25, 0.3) is 0 Å². The van der Waals surface area contributed by atoms with Crippen LogP contribution in [0.2, 0.25) is 0 Å². The van der Waals surface area contributed by atoms with Crippen LogP contribution in [-0.4, -0.2) is 20.6 Å². The lowest BCUT2D eigenvalue weighted by molar-refractivity contribution is -0.138. The number of rotatable bonds is 3. The van der Waals surface area contributed by atoms with Crippen LogP contribution < -0.4 is 10.6 Å². The van der Waals surface area contributed by atoms with Crippen molar-refractivity contribution in [2.24, 2.45) is 5.73 Å². The van der Waals surface area contributed by atoms with E-state index in [4.69, 9.17) is 5.73 Å². The number of hydrogen-bond acceptors (Lipinski definition) is 2. The van der Waals surface area contributed by atoms with Crippen LogP contribution in [0.4, 0.5) is 18.9 Å². The second-order valence-corrected chi connectivity index (χ2v) is 3.77. The van der Waals surface area contributed by atoms with E-state index in [1.807, 2.05) is 0 Å². The molecule has 2 N–H and O–H groups in total. The largest absolute Gasteiger partial charge is 0.416 e. The van der Waals surface area contributed by atoms with Gasteiger partial charge < -0.3 is 10.6 Å². The molecule has 0 unspecified atom stereocenters. The van der Waals surface area contributed by atoms with Crippen LogP contribution in [0.3, 0.4) is 0 Å². The quantitative estimate of drug-likeness (QED) is 0.866. The topological polar surface area (TPSA) is 29.3 Å². The maximum Gasteiger partial charge on any atom is 0.416 e. The van der Waals surface area contributed by atoms with Crippen molar-refractivity contribution in [3.63, 3.8) is 0 Å². The summed E-state index contributed by atoms with van der Waals surface area (Å²) in [6, 6.07) is 4.32. The molecule has 0 fully saturated rings. The fourth-order valence-electron chi connectivity index (χ4n) is 1.48. The van der Waals surface area contributed by atoms with Crippen LogP contribution in [0, 0.1) is 0 Å². The first-order valence-electron chi connectivity index (χ1n) is 4.93. The molecule has 0 aromatic heterocycles. The highest BCUT2D eigenvalue weighted by molar-refractivity contribution is 5.50. The summed E-state index contributed by atoms with van der Waals surface area (Å²) in [5.41, 5.74) is 5.49. The summed E-state index contributed by atoms with van der Waals surface area (Å²) in [4.78, 5) is 1.64. The van der Waals surface area contributed by atoms with E-state index < -0.39 is 11.7 Å². The molecule has 0 bridgehead atoms. The predicted octanol–water partition coefficient (Wildman–Crippen LogP) is 2.27. The van der Waals surface area contributed by atoms with Gasteiger partial charge in [-0.1, -0.05) is 6.07 Å². The lowest BCUT2D eigenvalue weighted by Crippen LogP contribution is -2.15. The van der Waals surface area contributed by atoms with Gasteiger partial charge in [-0.25, -0.2) is 0 Å². The summed E-state index contributed by atoms with van der Waals surface area (Å²) >= 11 is 0. The van der Waals surface area contributed by atoms with Crippen molar-refractivity contribution in [3.05, 3.63) is 29.3 Å². The minimum atomic E-state index is -4.32. The Labute approximate surface area is 92.9 Å². The van der Waals surface area contributed by atoms with E-state index in [0.29, 0.717) is 5.69 Å². The number of nitrogens with zero attached hydrogens (tertiary/aromatic N) is 1. The molecule has 0 saturated heterocycles. The molecule has 0 aliphatic rings. The van der Waals surface area contributed by atoms with E-state index in [0.717, 1.165) is 6.07 Å². The van der Waals surface area contributed by atoms with Gasteiger partial charge in [-0.15, -0.1) is 0 Å². The lowest BCUT2D eigenvalue weighted by atomic mass is 10.0. The Hall–Kier alpha value is -1.23. The molecule has 0 aliphatic carbocycles. The monoisotopic (exact) mass is 232 g/mol. The average Bonchev–Trinajstić information content (AvgIpc) is 2.16. The Bertz CT molecular complexity index is 359. The van der Waals surface area contributed by atoms with Crippen LogP contribution in [0.5, 0.6) is 0 Å². The Morgan fingerprint density at radius 3 is 2.31 bits per heavy atom. The summed E-state index contributed by atoms with van der Waals surface area (Å²) in [6.07, 6.45) is -4.08. The fourth-order valence-corrected chi connectivity index (χ4v) is 1.48. The van der Waals surface area contributed by atoms with Gasteiger partial charge >= 0.3 is 6.18 Å². The molecule has 0 saturated carbocycles. The molecule has 0 atom stereocenters. The standard InChI is InChI=1S/C11H15F3N2/c1-16(2)9-4-3-8(5-6-15)10(7-9)11(12,13)14/h3-4,7H,5-6,15H2,1-2H3. The van der Waals surface area contributed by atoms with Gasteiger partial charge in [0.2, 0.25) is 0 Å². The number of halogens is 3. The van der Waals surface area contributed by atoms with Gasteiger partial charge in [0.1, 0.15) is 0 Å². The molecule has 90 valence electrons. The van der Waals surface area contributed by atoms with E-state index in [9.17, 15) is 13.2 Å². The molecule has 1 aromatic rings. The first-order valence-corrected chi connectivity index (χ1v) is 4.93. The van der Waals surface area contributed by atoms with Crippen molar-refractivity contribution in [1.82, 2.24) is 0 Å². The zero-order valence-electron chi connectivity index (χ0n) is 9.30. The van der Waals surface area contributed by atoms with Crippen molar-refractivity contribution in [1.29, 1.82) is 0 Å². The first-order chi connectivity index (χ1) is 7.36. The molecule has 0 aliphatic heterocycles. The average molecular weight is 232 g/mol. The van der Waals surface area contributed by atoms with Gasteiger partial charge in [0.25, 0.3) is 0 Å². The van der Waals surface area contributed by atoms with E-state index in [1.54, 1.807) is 25.1 Å². The zero-order chi connectivity index (χ0) is 12.3. The molecule has 16 heavy (non-hydrogen) atoms. The normalized spacial score (nSPS) is 11.6. The molecule has 0 heterocycles. The molecule has 0 radical (unpaired) electrons. The molecule has 1 rings (SSSR count). The fraction of sp³-hybridized carbons (Fsp3) is 0.455. The van der Waals surface area contributed by atoms with Gasteiger partial charge in [0, 0.05) is 19.8 Å². The van der Waals surface area contributed by atoms with Crippen molar-refractivity contribution < 1.29 is 13.2 Å². The van der Waals surface area contributed by atoms with Crippen molar-refractivity contribution in [3.8, 4) is 0 Å². The highest BCUT2D eigenvalue weighted by Crippen LogP contribution is 2.34. The number of anilines is 1. The van der Waals surface area contributed by atoms with Crippen molar-refractivity contribution in [2.45, 2.75) is 12.6 Å². The van der Waals surface area contributed by atoms with Crippen molar-refractivity contribution in [2.75, 3.05) is 25.5 Å². The van der Waals surface area contributed by atoms with Crippen molar-refractivity contribution >= 4 is 5.69 Å². The molecule has 0 amide bonds. The van der Waals surface area contributed by atoms with E-state index in [-0.39, 0.29) is 18.5 Å². The summed E-state index contributed by atoms with van der Waals surface area (Å²) in [5, 5.41) is 0. The van der Waals surface area contributed by atoms with Gasteiger partial charge in [0.15, 0.2) is 0 Å². The van der Waals surface area contributed by atoms with E-state index >= 15 is 0 Å². The maximum absolute atomic E-state index is 12.8. The summed E-state index contributed by atoms with van der Waals surface area (Å²) in [7, 11) is 3.41. The zero-order valence-corrected chi connectivity index (χ0v) is 9.30. The minimum absolute atomic E-state index is 0.213. The minimum Gasteiger partial charge on any atom is -0.378 e. The molecule has 5 heteroatoms. The van der Waals surface area contributed by atoms with E-state index in [2.05, 4.69) is 0 Å². The molecular weight excluding hydrogens is 217 g/mol. The summed E-state index contributed by atoms with van der Waals surface area (Å²) in [6.45, 7) is 0.213. The Balaban J connectivity index is 3.21. The SMILES string of the molecule is CN(C)c1ccc(CCN)c(C(F)(F)F)c1. The number of nitrogens with two attached hydrogens (primary N) is 1. The Kier molecular flexibility index (Phi) is 3.80. The summed E-state index contributed by atoms with van der Waals surface area (Å²) in [5.74, 6) is 0. The highest BCUT2D eigenvalue weighted by atomic mass is 19.4. The molecule has 2 nitrogen and oxygen atoms in total. The molecular formula is C11H15F3N2. The molecule has 0 spiro atoms. The number of hydrogen-bond donors (Lipinski definition) is 1. The lowest BCUT2D eigenvalue weighted by Gasteiger charge is -2.18. The Morgan fingerprint density at radius 1 is 1.25 bits per heavy atom. The van der Waals surface area contributed by atoms with Crippen LogP contribution in [-0.2, 0) is 12.6 Å². The Morgan fingerprint density at radius 2 is 1.88 bits per heavy atom. The van der Waals surface area contributed by atoms with Crippen LogP contribution >= 0.6 is 0 Å². The van der Waals surface area contributed by atoms with Gasteiger partial charge in [-0.2, -0.15) is 13.2 Å². The number of alkyl halides is 3. The maximum atomic E-state index is 12.8. The van der Waals surface area contributed by atoms with Gasteiger partial charge in [-0.05, 0) is 30.7 Å². The number of benzene rings is 1. The first kappa shape index (κ1) is 12.8. The summed E-state index contributed by atoms with van der Waals surface area (Å²) < 4.78 is 38.3. The van der Waals surface area contributed by atoms with Crippen LogP contribution in [0.1, 0.15) is 11.1 Å². The third kappa shape index (κ3) is 2.88. The third-order valence-corrected chi connectivity index (χ3v) is 2.33. The third-order valence-electron chi connectivity index (χ3n) is 2.33. The predicted molar refractivity (Wildman–Crippen MR) is 58.5 cm³/mol. The van der Waals surface area contributed by atoms with E-state index in [1.165, 1.54) is 6.07 Å². The second kappa shape index (κ2) is 4.74.